The molecule has 0 amide bonds. The van der Waals surface area contributed by atoms with Crippen LogP contribution in [0.1, 0.15) is 58.8 Å². The standard InChI is InChI=1S/C17H23NO6/c1-5-22-17(21)13-9(2)14(18-10(13)3)15(19)11(4)24-16(20)12-7-6-8-23-12/h11-12,18H,5-8H2,1-4H3/t11-,12-/m0/s1. The van der Waals surface area contributed by atoms with E-state index in [0.29, 0.717) is 29.8 Å². The summed E-state index contributed by atoms with van der Waals surface area (Å²) in [5, 5.41) is 0. The predicted molar refractivity (Wildman–Crippen MR) is 85.1 cm³/mol. The Hall–Kier alpha value is -2.15. The summed E-state index contributed by atoms with van der Waals surface area (Å²) >= 11 is 0. The summed E-state index contributed by atoms with van der Waals surface area (Å²) in [4.78, 5) is 39.4. The third-order valence-electron chi connectivity index (χ3n) is 4.02. The fourth-order valence-electron chi connectivity index (χ4n) is 2.78. The molecule has 2 rings (SSSR count). The fourth-order valence-corrected chi connectivity index (χ4v) is 2.78. The number of aryl methyl sites for hydroxylation is 1. The van der Waals surface area contributed by atoms with Gasteiger partial charge in [-0.3, -0.25) is 4.79 Å². The second-order valence-electron chi connectivity index (χ2n) is 5.79. The summed E-state index contributed by atoms with van der Waals surface area (Å²) in [6, 6.07) is 0. The molecule has 2 atom stereocenters. The van der Waals surface area contributed by atoms with E-state index >= 15 is 0 Å². The molecule has 7 nitrogen and oxygen atoms in total. The number of H-pyrrole nitrogens is 1. The largest absolute Gasteiger partial charge is 0.462 e. The van der Waals surface area contributed by atoms with Gasteiger partial charge in [-0.1, -0.05) is 0 Å². The van der Waals surface area contributed by atoms with Gasteiger partial charge in [0.1, 0.15) is 0 Å². The molecule has 0 aromatic carbocycles. The second-order valence-corrected chi connectivity index (χ2v) is 5.79. The first-order valence-corrected chi connectivity index (χ1v) is 8.09. The molecule has 1 aliphatic heterocycles. The summed E-state index contributed by atoms with van der Waals surface area (Å²) in [5.41, 5.74) is 1.64. The predicted octanol–water partition coefficient (Wildman–Crippen LogP) is 2.10. The number of hydrogen-bond acceptors (Lipinski definition) is 6. The van der Waals surface area contributed by atoms with Crippen LogP contribution in [0.4, 0.5) is 0 Å². The number of aromatic nitrogens is 1. The minimum absolute atomic E-state index is 0.252. The monoisotopic (exact) mass is 337 g/mol. The zero-order valence-electron chi connectivity index (χ0n) is 14.4. The maximum Gasteiger partial charge on any atom is 0.340 e. The Labute approximate surface area is 140 Å². The van der Waals surface area contributed by atoms with Crippen LogP contribution in [0.25, 0.3) is 0 Å². The lowest BCUT2D eigenvalue weighted by molar-refractivity contribution is -0.156. The quantitative estimate of drug-likeness (QED) is 0.631. The highest BCUT2D eigenvalue weighted by molar-refractivity contribution is 6.04. The van der Waals surface area contributed by atoms with Crippen LogP contribution in [0.5, 0.6) is 0 Å². The van der Waals surface area contributed by atoms with E-state index in [1.165, 1.54) is 6.92 Å². The molecule has 1 aliphatic rings. The molecule has 0 unspecified atom stereocenters. The molecule has 132 valence electrons. The van der Waals surface area contributed by atoms with Crippen molar-refractivity contribution in [1.29, 1.82) is 0 Å². The smallest absolute Gasteiger partial charge is 0.340 e. The molecular weight excluding hydrogens is 314 g/mol. The van der Waals surface area contributed by atoms with Crippen molar-refractivity contribution in [1.82, 2.24) is 4.98 Å². The van der Waals surface area contributed by atoms with Gasteiger partial charge in [0.2, 0.25) is 5.78 Å². The Bertz CT molecular complexity index is 642. The van der Waals surface area contributed by atoms with Gasteiger partial charge in [0, 0.05) is 12.3 Å². The van der Waals surface area contributed by atoms with Gasteiger partial charge in [-0.15, -0.1) is 0 Å². The van der Waals surface area contributed by atoms with E-state index in [0.717, 1.165) is 6.42 Å². The molecule has 1 aromatic heterocycles. The molecule has 1 saturated heterocycles. The van der Waals surface area contributed by atoms with Crippen LogP contribution in [-0.2, 0) is 19.0 Å². The first-order valence-electron chi connectivity index (χ1n) is 8.09. The van der Waals surface area contributed by atoms with Crippen LogP contribution in [0.15, 0.2) is 0 Å². The van der Waals surface area contributed by atoms with E-state index in [9.17, 15) is 14.4 Å². The summed E-state index contributed by atoms with van der Waals surface area (Å²) in [6.45, 7) is 7.36. The van der Waals surface area contributed by atoms with Gasteiger partial charge in [-0.25, -0.2) is 9.59 Å². The minimum Gasteiger partial charge on any atom is -0.462 e. The maximum atomic E-state index is 12.6. The lowest BCUT2D eigenvalue weighted by Gasteiger charge is -2.15. The van der Waals surface area contributed by atoms with Gasteiger partial charge in [0.15, 0.2) is 12.2 Å². The molecule has 0 aliphatic carbocycles. The number of rotatable bonds is 6. The number of esters is 2. The third-order valence-corrected chi connectivity index (χ3v) is 4.02. The van der Waals surface area contributed by atoms with Gasteiger partial charge < -0.3 is 19.2 Å². The van der Waals surface area contributed by atoms with Crippen molar-refractivity contribution in [2.75, 3.05) is 13.2 Å². The molecule has 0 radical (unpaired) electrons. The van der Waals surface area contributed by atoms with E-state index in [1.54, 1.807) is 20.8 Å². The zero-order valence-corrected chi connectivity index (χ0v) is 14.4. The van der Waals surface area contributed by atoms with Gasteiger partial charge in [0.25, 0.3) is 0 Å². The van der Waals surface area contributed by atoms with Crippen molar-refractivity contribution in [3.8, 4) is 0 Å². The van der Waals surface area contributed by atoms with Crippen LogP contribution >= 0.6 is 0 Å². The molecule has 0 saturated carbocycles. The molecule has 1 fully saturated rings. The molecule has 2 heterocycles. The Morgan fingerprint density at radius 2 is 2.04 bits per heavy atom. The van der Waals surface area contributed by atoms with E-state index < -0.39 is 29.9 Å². The Balaban J connectivity index is 2.12. The Kier molecular flexibility index (Phi) is 5.77. The van der Waals surface area contributed by atoms with Crippen LogP contribution in [0, 0.1) is 13.8 Å². The fraction of sp³-hybridized carbons (Fsp3) is 0.588. The van der Waals surface area contributed by atoms with Crippen LogP contribution in [-0.4, -0.2) is 48.1 Å². The Morgan fingerprint density at radius 3 is 2.62 bits per heavy atom. The summed E-state index contributed by atoms with van der Waals surface area (Å²) < 4.78 is 15.5. The first-order chi connectivity index (χ1) is 11.4. The molecule has 24 heavy (non-hydrogen) atoms. The number of aromatic amines is 1. The van der Waals surface area contributed by atoms with E-state index in [-0.39, 0.29) is 12.3 Å². The third kappa shape index (κ3) is 3.67. The number of ketones is 1. The summed E-state index contributed by atoms with van der Waals surface area (Å²) in [5.74, 6) is -1.40. The number of Topliss-reactive ketones (excluding diaryl/α,β-unsaturated/α-hetero) is 1. The molecule has 1 N–H and O–H groups in total. The average molecular weight is 337 g/mol. The lowest BCUT2D eigenvalue weighted by Crippen LogP contribution is -2.31. The first kappa shape index (κ1) is 18.2. The number of carbonyl (C=O) groups excluding carboxylic acids is 3. The van der Waals surface area contributed by atoms with Crippen molar-refractivity contribution >= 4 is 17.7 Å². The summed E-state index contributed by atoms with van der Waals surface area (Å²) in [7, 11) is 0. The normalized spacial score (nSPS) is 18.2. The van der Waals surface area contributed by atoms with Gasteiger partial charge in [-0.05, 0) is 46.1 Å². The zero-order chi connectivity index (χ0) is 17.9. The highest BCUT2D eigenvalue weighted by Crippen LogP contribution is 2.22. The van der Waals surface area contributed by atoms with Crippen molar-refractivity contribution in [2.24, 2.45) is 0 Å². The SMILES string of the molecule is CCOC(=O)c1c(C)[nH]c(C(=O)[C@H](C)OC(=O)[C@@H]2CCCO2)c1C. The minimum atomic E-state index is -0.964. The highest BCUT2D eigenvalue weighted by Gasteiger charge is 2.31. The number of hydrogen-bond donors (Lipinski definition) is 1. The van der Waals surface area contributed by atoms with Crippen molar-refractivity contribution in [3.63, 3.8) is 0 Å². The molecule has 0 bridgehead atoms. The van der Waals surface area contributed by atoms with E-state index in [1.807, 2.05) is 0 Å². The van der Waals surface area contributed by atoms with Gasteiger partial charge in [0.05, 0.1) is 17.9 Å². The summed E-state index contributed by atoms with van der Waals surface area (Å²) in [6.07, 6.45) is -0.150. The molecule has 7 heteroatoms. The lowest BCUT2D eigenvalue weighted by atomic mass is 10.1. The number of carbonyl (C=O) groups is 3. The van der Waals surface area contributed by atoms with Crippen molar-refractivity contribution in [3.05, 3.63) is 22.5 Å². The van der Waals surface area contributed by atoms with Crippen LogP contribution in [0.3, 0.4) is 0 Å². The average Bonchev–Trinajstić information content (AvgIpc) is 3.15. The van der Waals surface area contributed by atoms with Gasteiger partial charge in [-0.2, -0.15) is 0 Å². The Morgan fingerprint density at radius 1 is 1.33 bits per heavy atom. The van der Waals surface area contributed by atoms with Crippen LogP contribution in [0.2, 0.25) is 0 Å². The topological polar surface area (TPSA) is 94.7 Å². The molecule has 0 spiro atoms. The van der Waals surface area contributed by atoms with E-state index in [2.05, 4.69) is 4.98 Å². The number of nitrogens with one attached hydrogen (secondary N) is 1. The van der Waals surface area contributed by atoms with Crippen LogP contribution < -0.4 is 0 Å². The second kappa shape index (κ2) is 7.61. The van der Waals surface area contributed by atoms with E-state index in [4.69, 9.17) is 14.2 Å². The van der Waals surface area contributed by atoms with Gasteiger partial charge >= 0.3 is 11.9 Å². The highest BCUT2D eigenvalue weighted by atomic mass is 16.6. The number of ether oxygens (including phenoxy) is 3. The molecule has 1 aromatic rings. The maximum absolute atomic E-state index is 12.6. The van der Waals surface area contributed by atoms with Crippen molar-refractivity contribution < 1.29 is 28.6 Å². The van der Waals surface area contributed by atoms with Crippen molar-refractivity contribution in [2.45, 2.75) is 52.7 Å². The molecular formula is C17H23NO6.